The van der Waals surface area contributed by atoms with Gasteiger partial charge in [-0.1, -0.05) is 21.6 Å². The molecule has 338 valence electrons. The van der Waals surface area contributed by atoms with Crippen molar-refractivity contribution < 1.29 is 19.2 Å². The Kier molecular flexibility index (Phi) is 14.5. The summed E-state index contributed by atoms with van der Waals surface area (Å²) in [5, 5.41) is 6.24. The first-order valence-electron chi connectivity index (χ1n) is 24.1. The maximum Gasteiger partial charge on any atom is 0.318 e. The molecule has 2 unspecified atom stereocenters. The standard InChI is InChI=1S/C46H78N8O4S2/c1-33(41(55)51-13-9-49(3)10-14-51)47-43(57)53(7-5-45-27-35-21-36(28-45)23-37(22-35)29-45)17-19-59-60-20-18-54(8-6-46-30-38-24-39(31-46)26-40(25-38)32-46)44(58)48-34(2)42(56)52-15-11-50(4)12-16-52/h33-40H,5-32H2,1-4H3,(H,47,57)(H,48,58). The summed E-state index contributed by atoms with van der Waals surface area (Å²) in [5.74, 6) is 6.86. The Morgan fingerprint density at radius 2 is 0.817 bits per heavy atom. The van der Waals surface area contributed by atoms with Gasteiger partial charge in [0.2, 0.25) is 11.8 Å². The van der Waals surface area contributed by atoms with Gasteiger partial charge in [0.05, 0.1) is 0 Å². The van der Waals surface area contributed by atoms with E-state index in [0.29, 0.717) is 50.1 Å². The van der Waals surface area contributed by atoms with Crippen LogP contribution in [0.25, 0.3) is 0 Å². The van der Waals surface area contributed by atoms with Crippen LogP contribution in [-0.2, 0) is 9.59 Å². The molecule has 6 amide bonds. The molecule has 2 saturated heterocycles. The first kappa shape index (κ1) is 44.7. The van der Waals surface area contributed by atoms with E-state index < -0.39 is 12.1 Å². The largest absolute Gasteiger partial charge is 0.338 e. The van der Waals surface area contributed by atoms with Crippen molar-refractivity contribution in [3.8, 4) is 0 Å². The minimum Gasteiger partial charge on any atom is -0.338 e. The number of carbonyl (C=O) groups excluding carboxylic acids is 4. The second kappa shape index (κ2) is 19.5. The van der Waals surface area contributed by atoms with Crippen LogP contribution in [0.1, 0.15) is 104 Å². The Bertz CT molecular complexity index is 1340. The van der Waals surface area contributed by atoms with E-state index in [0.717, 1.165) is 99.1 Å². The molecule has 0 aromatic rings. The molecule has 10 fully saturated rings. The van der Waals surface area contributed by atoms with Crippen LogP contribution in [0.4, 0.5) is 9.59 Å². The molecule has 10 aliphatic rings. The van der Waals surface area contributed by atoms with E-state index >= 15 is 0 Å². The third kappa shape index (κ3) is 10.9. The normalized spacial score (nSPS) is 34.4. The molecule has 2 atom stereocenters. The van der Waals surface area contributed by atoms with E-state index in [1.807, 2.05) is 33.4 Å². The summed E-state index contributed by atoms with van der Waals surface area (Å²) in [7, 11) is 7.73. The van der Waals surface area contributed by atoms with Gasteiger partial charge in [-0.3, -0.25) is 9.59 Å². The van der Waals surface area contributed by atoms with Crippen LogP contribution in [0.3, 0.4) is 0 Å². The lowest BCUT2D eigenvalue weighted by atomic mass is 9.49. The third-order valence-corrected chi connectivity index (χ3v) is 19.1. The molecule has 0 aromatic carbocycles. The fraction of sp³-hybridized carbons (Fsp3) is 0.913. The van der Waals surface area contributed by atoms with Crippen LogP contribution in [0.5, 0.6) is 0 Å². The molecule has 60 heavy (non-hydrogen) atoms. The van der Waals surface area contributed by atoms with Crippen molar-refractivity contribution in [3.05, 3.63) is 0 Å². The zero-order chi connectivity index (χ0) is 42.0. The zero-order valence-corrected chi connectivity index (χ0v) is 39.2. The van der Waals surface area contributed by atoms with Crippen molar-refractivity contribution in [2.45, 2.75) is 116 Å². The summed E-state index contributed by atoms with van der Waals surface area (Å²) in [4.78, 5) is 67.0. The number of rotatable bonds is 17. The maximum absolute atomic E-state index is 14.0. The predicted molar refractivity (Wildman–Crippen MR) is 243 cm³/mol. The van der Waals surface area contributed by atoms with Gasteiger partial charge in [0, 0.05) is 90.0 Å². The maximum atomic E-state index is 14.0. The number of hydrogen-bond acceptors (Lipinski definition) is 8. The molecule has 2 aliphatic heterocycles. The van der Waals surface area contributed by atoms with E-state index in [-0.39, 0.29) is 23.9 Å². The second-order valence-electron chi connectivity index (χ2n) is 21.6. The Morgan fingerprint density at radius 1 is 0.517 bits per heavy atom. The number of hydrogen-bond donors (Lipinski definition) is 2. The molecule has 8 aliphatic carbocycles. The lowest BCUT2D eigenvalue weighted by Crippen LogP contribution is -2.55. The van der Waals surface area contributed by atoms with Crippen LogP contribution in [0.2, 0.25) is 0 Å². The average molecular weight is 871 g/mol. The highest BCUT2D eigenvalue weighted by atomic mass is 33.1. The van der Waals surface area contributed by atoms with Crippen molar-refractivity contribution in [1.29, 1.82) is 0 Å². The summed E-state index contributed by atoms with van der Waals surface area (Å²) in [6.07, 6.45) is 18.6. The van der Waals surface area contributed by atoms with Gasteiger partial charge < -0.3 is 40.0 Å². The quantitative estimate of drug-likeness (QED) is 0.137. The first-order valence-corrected chi connectivity index (χ1v) is 26.6. The monoisotopic (exact) mass is 871 g/mol. The minimum atomic E-state index is -0.555. The van der Waals surface area contributed by atoms with Gasteiger partial charge in [-0.25, -0.2) is 9.59 Å². The Hall–Kier alpha value is -1.90. The molecule has 14 heteroatoms. The Morgan fingerprint density at radius 3 is 1.12 bits per heavy atom. The molecule has 2 heterocycles. The van der Waals surface area contributed by atoms with Crippen LogP contribution in [0, 0.1) is 46.3 Å². The van der Waals surface area contributed by atoms with Crippen LogP contribution in [0.15, 0.2) is 0 Å². The summed E-state index contributed by atoms with van der Waals surface area (Å²) < 4.78 is 0. The van der Waals surface area contributed by atoms with Gasteiger partial charge in [0.15, 0.2) is 0 Å². The molecule has 10 rings (SSSR count). The SMILES string of the molecule is CC(NC(=O)N(CCSSCCN(CCC12CC3CC(CC(C3)C1)C2)C(=O)NC(C)C(=O)N1CCN(C)CC1)CCC12CC3CC(CC(C3)C1)C2)C(=O)N1CCN(C)CC1. The molecule has 8 saturated carbocycles. The van der Waals surface area contributed by atoms with E-state index in [2.05, 4.69) is 34.5 Å². The lowest BCUT2D eigenvalue weighted by Gasteiger charge is -2.57. The van der Waals surface area contributed by atoms with Crippen LogP contribution < -0.4 is 10.6 Å². The van der Waals surface area contributed by atoms with E-state index in [9.17, 15) is 19.2 Å². The summed E-state index contributed by atoms with van der Waals surface area (Å²) in [6.45, 7) is 12.7. The first-order chi connectivity index (χ1) is 28.8. The summed E-state index contributed by atoms with van der Waals surface area (Å²) >= 11 is 0. The Labute approximate surface area is 369 Å². The number of urea groups is 2. The number of piperazine rings is 2. The molecule has 0 spiro atoms. The molecule has 0 aromatic heterocycles. The highest BCUT2D eigenvalue weighted by molar-refractivity contribution is 8.76. The van der Waals surface area contributed by atoms with E-state index in [4.69, 9.17) is 0 Å². The number of nitrogens with one attached hydrogen (secondary N) is 2. The fourth-order valence-electron chi connectivity index (χ4n) is 14.3. The molecular formula is C46H78N8O4S2. The third-order valence-electron chi connectivity index (χ3n) is 16.8. The highest BCUT2D eigenvalue weighted by Crippen LogP contribution is 2.62. The number of carbonyl (C=O) groups is 4. The van der Waals surface area contributed by atoms with Crippen molar-refractivity contribution in [2.75, 3.05) is 104 Å². The second-order valence-corrected chi connectivity index (χ2v) is 24.3. The lowest BCUT2D eigenvalue weighted by molar-refractivity contribution is -0.135. The number of nitrogens with zero attached hydrogens (tertiary/aromatic N) is 6. The van der Waals surface area contributed by atoms with Gasteiger partial charge in [-0.2, -0.15) is 0 Å². The summed E-state index contributed by atoms with van der Waals surface area (Å²) in [5.41, 5.74) is 0.756. The number of amides is 6. The van der Waals surface area contributed by atoms with Crippen molar-refractivity contribution in [3.63, 3.8) is 0 Å². The summed E-state index contributed by atoms with van der Waals surface area (Å²) in [6, 6.07) is -1.35. The molecule has 0 radical (unpaired) electrons. The van der Waals surface area contributed by atoms with Gasteiger partial charge >= 0.3 is 12.1 Å². The molecule has 2 N–H and O–H groups in total. The highest BCUT2D eigenvalue weighted by Gasteiger charge is 2.52. The molecule has 8 bridgehead atoms. The molecule has 12 nitrogen and oxygen atoms in total. The average Bonchev–Trinajstić information content (AvgIpc) is 3.20. The van der Waals surface area contributed by atoms with E-state index in [1.165, 1.54) is 77.0 Å². The van der Waals surface area contributed by atoms with Gasteiger partial charge in [-0.05, 0) is 164 Å². The Balaban J connectivity index is 0.846. The van der Waals surface area contributed by atoms with Crippen molar-refractivity contribution >= 4 is 45.5 Å². The minimum absolute atomic E-state index is 0.0114. The van der Waals surface area contributed by atoms with Gasteiger partial charge in [0.25, 0.3) is 0 Å². The fourth-order valence-corrected chi connectivity index (χ4v) is 16.2. The van der Waals surface area contributed by atoms with Crippen molar-refractivity contribution in [2.24, 2.45) is 46.3 Å². The number of likely N-dealkylation sites (N-methyl/N-ethyl adjacent to an activating group) is 2. The van der Waals surface area contributed by atoms with Crippen LogP contribution >= 0.6 is 21.6 Å². The van der Waals surface area contributed by atoms with Gasteiger partial charge in [0.1, 0.15) is 12.1 Å². The van der Waals surface area contributed by atoms with Gasteiger partial charge in [-0.15, -0.1) is 0 Å². The molecular weight excluding hydrogens is 793 g/mol. The van der Waals surface area contributed by atoms with Crippen molar-refractivity contribution in [1.82, 2.24) is 40.0 Å². The van der Waals surface area contributed by atoms with Crippen LogP contribution in [-0.4, -0.2) is 169 Å². The zero-order valence-electron chi connectivity index (χ0n) is 37.6. The smallest absolute Gasteiger partial charge is 0.318 e. The predicted octanol–water partition coefficient (Wildman–Crippen LogP) is 5.93. The van der Waals surface area contributed by atoms with E-state index in [1.54, 1.807) is 21.6 Å². The topological polar surface area (TPSA) is 112 Å².